The second kappa shape index (κ2) is 5.87. The molecule has 0 aliphatic carbocycles. The van der Waals surface area contributed by atoms with E-state index in [9.17, 15) is 0 Å². The molecule has 0 saturated carbocycles. The Morgan fingerprint density at radius 3 is 2.19 bits per heavy atom. The standard InChI is InChI=1S/C15H9Cl2IN2O/c16-10-2-1-3-11(17)12(10)13-14(20-21-15(13)19)8-4-6-9(18)7-5-8/h1-7H,19H2. The zero-order valence-electron chi connectivity index (χ0n) is 10.6. The van der Waals surface area contributed by atoms with Crippen LogP contribution in [0.15, 0.2) is 47.0 Å². The third-order valence-electron chi connectivity index (χ3n) is 3.05. The zero-order valence-corrected chi connectivity index (χ0v) is 14.3. The first-order valence-electron chi connectivity index (χ1n) is 6.03. The minimum absolute atomic E-state index is 0.193. The van der Waals surface area contributed by atoms with Gasteiger partial charge in [0.15, 0.2) is 0 Å². The molecule has 0 amide bonds. The monoisotopic (exact) mass is 430 g/mol. The lowest BCUT2D eigenvalue weighted by Gasteiger charge is -2.07. The van der Waals surface area contributed by atoms with E-state index in [0.29, 0.717) is 26.9 Å². The van der Waals surface area contributed by atoms with E-state index in [-0.39, 0.29) is 5.88 Å². The first-order chi connectivity index (χ1) is 10.1. The molecule has 0 aliphatic rings. The summed E-state index contributed by atoms with van der Waals surface area (Å²) in [5.74, 6) is 0.193. The minimum atomic E-state index is 0.193. The molecule has 0 atom stereocenters. The fraction of sp³-hybridized carbons (Fsp3) is 0. The van der Waals surface area contributed by atoms with Gasteiger partial charge < -0.3 is 10.3 Å². The summed E-state index contributed by atoms with van der Waals surface area (Å²) in [7, 11) is 0. The van der Waals surface area contributed by atoms with Gasteiger partial charge >= 0.3 is 0 Å². The zero-order chi connectivity index (χ0) is 15.0. The molecule has 2 aromatic carbocycles. The van der Waals surface area contributed by atoms with Crippen LogP contribution in [0.25, 0.3) is 22.4 Å². The number of nitrogens with zero attached hydrogens (tertiary/aromatic N) is 1. The Hall–Kier alpha value is -1.24. The highest BCUT2D eigenvalue weighted by Gasteiger charge is 2.21. The Kier molecular flexibility index (Phi) is 4.10. The molecule has 1 heterocycles. The number of anilines is 1. The van der Waals surface area contributed by atoms with E-state index in [2.05, 4.69) is 27.7 Å². The molecule has 6 heteroatoms. The Balaban J connectivity index is 2.25. The molecule has 3 nitrogen and oxygen atoms in total. The number of hydrogen-bond donors (Lipinski definition) is 1. The second-order valence-electron chi connectivity index (χ2n) is 4.37. The predicted octanol–water partition coefficient (Wildman–Crippen LogP) is 5.50. The SMILES string of the molecule is Nc1onc(-c2ccc(I)cc2)c1-c1c(Cl)cccc1Cl. The van der Waals surface area contributed by atoms with Gasteiger partial charge in [0.2, 0.25) is 5.88 Å². The molecule has 106 valence electrons. The maximum absolute atomic E-state index is 6.27. The van der Waals surface area contributed by atoms with Crippen molar-refractivity contribution in [2.45, 2.75) is 0 Å². The molecular formula is C15H9Cl2IN2O. The predicted molar refractivity (Wildman–Crippen MR) is 94.5 cm³/mol. The highest BCUT2D eigenvalue weighted by Crippen LogP contribution is 2.43. The molecule has 3 rings (SSSR count). The van der Waals surface area contributed by atoms with Gasteiger partial charge in [-0.15, -0.1) is 0 Å². The lowest BCUT2D eigenvalue weighted by Crippen LogP contribution is -1.90. The first kappa shape index (κ1) is 14.7. The third-order valence-corrected chi connectivity index (χ3v) is 4.40. The molecule has 0 fully saturated rings. The summed E-state index contributed by atoms with van der Waals surface area (Å²) in [5.41, 5.74) is 8.70. The van der Waals surface area contributed by atoms with Crippen molar-refractivity contribution >= 4 is 51.7 Å². The molecule has 3 aromatic rings. The normalized spacial score (nSPS) is 10.8. The number of hydrogen-bond acceptors (Lipinski definition) is 3. The van der Waals surface area contributed by atoms with Crippen molar-refractivity contribution in [2.75, 3.05) is 5.73 Å². The summed E-state index contributed by atoms with van der Waals surface area (Å²) in [6.07, 6.45) is 0. The van der Waals surface area contributed by atoms with Crippen LogP contribution in [-0.4, -0.2) is 5.16 Å². The summed E-state index contributed by atoms with van der Waals surface area (Å²) in [5, 5.41) is 5.06. The van der Waals surface area contributed by atoms with E-state index in [1.54, 1.807) is 18.2 Å². The van der Waals surface area contributed by atoms with Gasteiger partial charge in [0, 0.05) is 14.7 Å². The van der Waals surface area contributed by atoms with E-state index in [4.69, 9.17) is 33.5 Å². The van der Waals surface area contributed by atoms with Crippen LogP contribution in [0, 0.1) is 3.57 Å². The van der Waals surface area contributed by atoms with Gasteiger partial charge in [-0.2, -0.15) is 0 Å². The first-order valence-corrected chi connectivity index (χ1v) is 7.87. The fourth-order valence-corrected chi connectivity index (χ4v) is 3.03. The minimum Gasteiger partial charge on any atom is -0.367 e. The van der Waals surface area contributed by atoms with Gasteiger partial charge in [-0.1, -0.05) is 46.6 Å². The van der Waals surface area contributed by atoms with Crippen molar-refractivity contribution in [3.05, 3.63) is 56.1 Å². The average Bonchev–Trinajstić information content (AvgIpc) is 2.82. The molecular weight excluding hydrogens is 422 g/mol. The highest BCUT2D eigenvalue weighted by atomic mass is 127. The average molecular weight is 431 g/mol. The van der Waals surface area contributed by atoms with Crippen LogP contribution in [0.1, 0.15) is 0 Å². The second-order valence-corrected chi connectivity index (χ2v) is 6.43. The van der Waals surface area contributed by atoms with Crippen molar-refractivity contribution in [2.24, 2.45) is 0 Å². The topological polar surface area (TPSA) is 52.0 Å². The van der Waals surface area contributed by atoms with E-state index in [0.717, 1.165) is 9.13 Å². The Labute approximate surface area is 145 Å². The van der Waals surface area contributed by atoms with Crippen LogP contribution >= 0.6 is 45.8 Å². The summed E-state index contributed by atoms with van der Waals surface area (Å²) in [6.45, 7) is 0. The van der Waals surface area contributed by atoms with Crippen LogP contribution < -0.4 is 5.73 Å². The van der Waals surface area contributed by atoms with Gasteiger partial charge in [0.25, 0.3) is 0 Å². The molecule has 0 spiro atoms. The third kappa shape index (κ3) is 2.75. The van der Waals surface area contributed by atoms with E-state index in [1.807, 2.05) is 24.3 Å². The van der Waals surface area contributed by atoms with Crippen LogP contribution in [0.2, 0.25) is 10.0 Å². The van der Waals surface area contributed by atoms with Gasteiger partial charge in [-0.25, -0.2) is 0 Å². The van der Waals surface area contributed by atoms with Crippen molar-refractivity contribution in [1.82, 2.24) is 5.16 Å². The van der Waals surface area contributed by atoms with E-state index >= 15 is 0 Å². The molecule has 0 unspecified atom stereocenters. The number of benzene rings is 2. The summed E-state index contributed by atoms with van der Waals surface area (Å²) in [6, 6.07) is 13.2. The quantitative estimate of drug-likeness (QED) is 0.546. The Morgan fingerprint density at radius 1 is 0.952 bits per heavy atom. The molecule has 0 radical (unpaired) electrons. The van der Waals surface area contributed by atoms with Gasteiger partial charge in [-0.3, -0.25) is 0 Å². The van der Waals surface area contributed by atoms with Gasteiger partial charge in [-0.05, 0) is 46.9 Å². The van der Waals surface area contributed by atoms with Crippen LogP contribution in [-0.2, 0) is 0 Å². The van der Waals surface area contributed by atoms with Gasteiger partial charge in [0.1, 0.15) is 5.69 Å². The number of nitrogen functional groups attached to an aromatic ring is 1. The number of rotatable bonds is 2. The molecule has 21 heavy (non-hydrogen) atoms. The summed E-state index contributed by atoms with van der Waals surface area (Å²) in [4.78, 5) is 0. The van der Waals surface area contributed by atoms with Crippen LogP contribution in [0.4, 0.5) is 5.88 Å². The van der Waals surface area contributed by atoms with Crippen LogP contribution in [0.5, 0.6) is 0 Å². The smallest absolute Gasteiger partial charge is 0.230 e. The maximum Gasteiger partial charge on any atom is 0.230 e. The largest absolute Gasteiger partial charge is 0.367 e. The number of nitrogens with two attached hydrogens (primary N) is 1. The van der Waals surface area contributed by atoms with E-state index < -0.39 is 0 Å². The fourth-order valence-electron chi connectivity index (χ4n) is 2.09. The lowest BCUT2D eigenvalue weighted by atomic mass is 10.0. The molecule has 2 N–H and O–H groups in total. The Morgan fingerprint density at radius 2 is 1.57 bits per heavy atom. The van der Waals surface area contributed by atoms with Crippen molar-refractivity contribution in [1.29, 1.82) is 0 Å². The van der Waals surface area contributed by atoms with Gasteiger partial charge in [0.05, 0.1) is 15.6 Å². The molecule has 0 aliphatic heterocycles. The number of halogens is 3. The summed E-state index contributed by atoms with van der Waals surface area (Å²) >= 11 is 14.8. The highest BCUT2D eigenvalue weighted by molar-refractivity contribution is 14.1. The maximum atomic E-state index is 6.27. The molecule has 0 bridgehead atoms. The summed E-state index contributed by atoms with van der Waals surface area (Å²) < 4.78 is 6.28. The lowest BCUT2D eigenvalue weighted by molar-refractivity contribution is 0.439. The number of aromatic nitrogens is 1. The molecule has 1 aromatic heterocycles. The van der Waals surface area contributed by atoms with Crippen molar-refractivity contribution < 1.29 is 4.52 Å². The van der Waals surface area contributed by atoms with Crippen molar-refractivity contribution in [3.63, 3.8) is 0 Å². The Bertz CT molecular complexity index is 780. The van der Waals surface area contributed by atoms with Crippen molar-refractivity contribution in [3.8, 4) is 22.4 Å². The van der Waals surface area contributed by atoms with E-state index in [1.165, 1.54) is 0 Å². The van der Waals surface area contributed by atoms with Crippen LogP contribution in [0.3, 0.4) is 0 Å². The molecule has 0 saturated heterocycles.